The number of carbonyl (C=O) groups excluding carboxylic acids is 1. The van der Waals surface area contributed by atoms with Crippen molar-refractivity contribution in [1.82, 2.24) is 0 Å². The SMILES string of the molecule is COC(=O)N1CCCC(OC)(OC)c2cc(C)cc(C)c21. The van der Waals surface area contributed by atoms with E-state index in [0.717, 1.165) is 28.8 Å². The highest BCUT2D eigenvalue weighted by Gasteiger charge is 2.40. The monoisotopic (exact) mass is 293 g/mol. The quantitative estimate of drug-likeness (QED) is 0.786. The zero-order valence-electron chi connectivity index (χ0n) is 13.4. The molecular weight excluding hydrogens is 270 g/mol. The fraction of sp³-hybridized carbons (Fsp3) is 0.562. The summed E-state index contributed by atoms with van der Waals surface area (Å²) in [6, 6.07) is 4.08. The van der Waals surface area contributed by atoms with Gasteiger partial charge in [-0.05, 0) is 31.9 Å². The van der Waals surface area contributed by atoms with Gasteiger partial charge in [0.1, 0.15) is 0 Å². The first kappa shape index (κ1) is 15.8. The predicted octanol–water partition coefficient (Wildman–Crippen LogP) is 3.12. The molecule has 1 aliphatic heterocycles. The minimum atomic E-state index is -0.825. The van der Waals surface area contributed by atoms with Crippen LogP contribution in [0.15, 0.2) is 12.1 Å². The molecule has 0 saturated carbocycles. The third-order valence-electron chi connectivity index (χ3n) is 4.07. The summed E-state index contributed by atoms with van der Waals surface area (Å²) in [5.41, 5.74) is 3.83. The summed E-state index contributed by atoms with van der Waals surface area (Å²) in [6.07, 6.45) is 1.10. The van der Waals surface area contributed by atoms with Crippen molar-refractivity contribution in [2.75, 3.05) is 32.8 Å². The second kappa shape index (κ2) is 6.03. The second-order valence-corrected chi connectivity index (χ2v) is 5.36. The van der Waals surface area contributed by atoms with Crippen molar-refractivity contribution >= 4 is 11.8 Å². The van der Waals surface area contributed by atoms with Gasteiger partial charge in [0.25, 0.3) is 0 Å². The summed E-state index contributed by atoms with van der Waals surface area (Å²) < 4.78 is 16.3. The van der Waals surface area contributed by atoms with E-state index in [9.17, 15) is 4.79 Å². The molecule has 0 spiro atoms. The topological polar surface area (TPSA) is 48.0 Å². The van der Waals surface area contributed by atoms with Gasteiger partial charge in [-0.3, -0.25) is 4.90 Å². The number of carbonyl (C=O) groups is 1. The van der Waals surface area contributed by atoms with Crippen LogP contribution < -0.4 is 4.90 Å². The Hall–Kier alpha value is -1.59. The van der Waals surface area contributed by atoms with E-state index in [-0.39, 0.29) is 6.09 Å². The Kier molecular flexibility index (Phi) is 4.54. The highest BCUT2D eigenvalue weighted by Crippen LogP contribution is 2.42. The van der Waals surface area contributed by atoms with Crippen LogP contribution in [0.3, 0.4) is 0 Å². The van der Waals surface area contributed by atoms with E-state index in [1.54, 1.807) is 19.1 Å². The first-order valence-corrected chi connectivity index (χ1v) is 7.06. The predicted molar refractivity (Wildman–Crippen MR) is 80.6 cm³/mol. The van der Waals surface area contributed by atoms with E-state index in [2.05, 4.69) is 6.07 Å². The molecule has 1 heterocycles. The van der Waals surface area contributed by atoms with Crippen LogP contribution in [0.5, 0.6) is 0 Å². The van der Waals surface area contributed by atoms with Crippen LogP contribution in [0.4, 0.5) is 10.5 Å². The summed E-state index contributed by atoms with van der Waals surface area (Å²) in [7, 11) is 4.67. The maximum absolute atomic E-state index is 12.1. The molecule has 0 aromatic heterocycles. The summed E-state index contributed by atoms with van der Waals surface area (Å²) in [5, 5.41) is 0. The average molecular weight is 293 g/mol. The Balaban J connectivity index is 2.70. The van der Waals surface area contributed by atoms with Gasteiger partial charge in [0.05, 0.1) is 12.8 Å². The molecule has 5 nitrogen and oxygen atoms in total. The summed E-state index contributed by atoms with van der Waals surface area (Å²) in [6.45, 7) is 4.60. The highest BCUT2D eigenvalue weighted by molar-refractivity contribution is 5.90. The van der Waals surface area contributed by atoms with Crippen molar-refractivity contribution in [3.8, 4) is 0 Å². The fourth-order valence-corrected chi connectivity index (χ4v) is 3.13. The molecule has 116 valence electrons. The average Bonchev–Trinajstić information content (AvgIpc) is 2.64. The Labute approximate surface area is 125 Å². The minimum absolute atomic E-state index is 0.355. The van der Waals surface area contributed by atoms with E-state index < -0.39 is 5.79 Å². The van der Waals surface area contributed by atoms with Crippen LogP contribution in [0.2, 0.25) is 0 Å². The maximum Gasteiger partial charge on any atom is 0.414 e. The lowest BCUT2D eigenvalue weighted by atomic mass is 9.95. The lowest BCUT2D eigenvalue weighted by Gasteiger charge is -2.33. The molecule has 21 heavy (non-hydrogen) atoms. The van der Waals surface area contributed by atoms with E-state index in [0.29, 0.717) is 13.0 Å². The van der Waals surface area contributed by atoms with Gasteiger partial charge in [-0.25, -0.2) is 4.79 Å². The highest BCUT2D eigenvalue weighted by atomic mass is 16.7. The summed E-state index contributed by atoms with van der Waals surface area (Å²) in [5.74, 6) is -0.825. The largest absolute Gasteiger partial charge is 0.452 e. The molecule has 0 saturated heterocycles. The molecule has 0 N–H and O–H groups in total. The Bertz CT molecular complexity index is 537. The number of hydrogen-bond acceptors (Lipinski definition) is 4. The van der Waals surface area contributed by atoms with Crippen molar-refractivity contribution in [3.63, 3.8) is 0 Å². The summed E-state index contributed by atoms with van der Waals surface area (Å²) >= 11 is 0. The standard InChI is InChI=1S/C16H23NO4/c1-11-9-12(2)14-13(10-11)16(20-4,21-5)7-6-8-17(14)15(18)19-3/h9-10H,6-8H2,1-5H3. The molecule has 0 aliphatic carbocycles. The molecule has 0 fully saturated rings. The number of amides is 1. The normalized spacial score (nSPS) is 17.1. The van der Waals surface area contributed by atoms with E-state index in [4.69, 9.17) is 14.2 Å². The third-order valence-corrected chi connectivity index (χ3v) is 4.07. The van der Waals surface area contributed by atoms with Crippen molar-refractivity contribution in [1.29, 1.82) is 0 Å². The molecule has 1 aliphatic rings. The second-order valence-electron chi connectivity index (χ2n) is 5.36. The molecule has 0 radical (unpaired) electrons. The van der Waals surface area contributed by atoms with Crippen molar-refractivity contribution in [3.05, 3.63) is 28.8 Å². The molecular formula is C16H23NO4. The number of ether oxygens (including phenoxy) is 3. The maximum atomic E-state index is 12.1. The van der Waals surface area contributed by atoms with Gasteiger partial charge in [-0.2, -0.15) is 0 Å². The van der Waals surface area contributed by atoms with Gasteiger partial charge in [-0.1, -0.05) is 11.6 Å². The molecule has 0 unspecified atom stereocenters. The van der Waals surface area contributed by atoms with Crippen LogP contribution in [-0.4, -0.2) is 34.0 Å². The lowest BCUT2D eigenvalue weighted by Crippen LogP contribution is -2.34. The van der Waals surface area contributed by atoms with Gasteiger partial charge in [0.15, 0.2) is 5.79 Å². The fourth-order valence-electron chi connectivity index (χ4n) is 3.13. The molecule has 2 rings (SSSR count). The van der Waals surface area contributed by atoms with Crippen LogP contribution in [0.1, 0.15) is 29.5 Å². The molecule has 1 amide bonds. The smallest absolute Gasteiger partial charge is 0.414 e. The van der Waals surface area contributed by atoms with Crippen LogP contribution >= 0.6 is 0 Å². The molecule has 1 aromatic rings. The number of benzene rings is 1. The number of hydrogen-bond donors (Lipinski definition) is 0. The minimum Gasteiger partial charge on any atom is -0.452 e. The third kappa shape index (κ3) is 2.63. The van der Waals surface area contributed by atoms with Crippen LogP contribution in [0, 0.1) is 13.8 Å². The zero-order valence-corrected chi connectivity index (χ0v) is 13.4. The number of fused-ring (bicyclic) bond motifs is 1. The van der Waals surface area contributed by atoms with Gasteiger partial charge < -0.3 is 14.2 Å². The number of aryl methyl sites for hydroxylation is 2. The molecule has 0 atom stereocenters. The number of methoxy groups -OCH3 is 3. The Morgan fingerprint density at radius 3 is 2.43 bits per heavy atom. The molecule has 5 heteroatoms. The number of nitrogens with zero attached hydrogens (tertiary/aromatic N) is 1. The number of rotatable bonds is 2. The van der Waals surface area contributed by atoms with Gasteiger partial charge in [-0.15, -0.1) is 0 Å². The molecule has 1 aromatic carbocycles. The number of anilines is 1. The van der Waals surface area contributed by atoms with Gasteiger partial charge in [0, 0.05) is 32.7 Å². The molecule has 0 bridgehead atoms. The lowest BCUT2D eigenvalue weighted by molar-refractivity contribution is -0.219. The zero-order chi connectivity index (χ0) is 15.6. The Morgan fingerprint density at radius 1 is 1.19 bits per heavy atom. The van der Waals surface area contributed by atoms with Crippen molar-refractivity contribution in [2.24, 2.45) is 0 Å². The van der Waals surface area contributed by atoms with Gasteiger partial charge >= 0.3 is 6.09 Å². The van der Waals surface area contributed by atoms with E-state index in [1.165, 1.54) is 7.11 Å². The van der Waals surface area contributed by atoms with Crippen molar-refractivity contribution in [2.45, 2.75) is 32.5 Å². The van der Waals surface area contributed by atoms with Crippen LogP contribution in [-0.2, 0) is 20.0 Å². The van der Waals surface area contributed by atoms with Crippen LogP contribution in [0.25, 0.3) is 0 Å². The van der Waals surface area contributed by atoms with E-state index in [1.807, 2.05) is 19.9 Å². The Morgan fingerprint density at radius 2 is 1.86 bits per heavy atom. The first-order chi connectivity index (χ1) is 9.99. The van der Waals surface area contributed by atoms with E-state index >= 15 is 0 Å². The van der Waals surface area contributed by atoms with Crippen molar-refractivity contribution < 1.29 is 19.0 Å². The summed E-state index contributed by atoms with van der Waals surface area (Å²) in [4.78, 5) is 13.8. The van der Waals surface area contributed by atoms with Gasteiger partial charge in [0.2, 0.25) is 0 Å². The first-order valence-electron chi connectivity index (χ1n) is 7.06.